The van der Waals surface area contributed by atoms with Gasteiger partial charge in [0.15, 0.2) is 0 Å². The Labute approximate surface area is 185 Å². The Morgan fingerprint density at radius 2 is 1.59 bits per heavy atom. The molecule has 0 fully saturated rings. The minimum atomic E-state index is -0.334. The number of hydrogen-bond donors (Lipinski definition) is 2. The van der Waals surface area contributed by atoms with Crippen molar-refractivity contribution in [1.29, 1.82) is 0 Å². The highest BCUT2D eigenvalue weighted by atomic mass is 16.2. The summed E-state index contributed by atoms with van der Waals surface area (Å²) in [6.07, 6.45) is 3.75. The molecule has 0 unspecified atom stereocenters. The maximum Gasteiger partial charge on any atom is 0.273 e. The van der Waals surface area contributed by atoms with E-state index in [2.05, 4.69) is 75.9 Å². The van der Waals surface area contributed by atoms with Crippen molar-refractivity contribution in [3.05, 3.63) is 114 Å². The van der Waals surface area contributed by atoms with Gasteiger partial charge in [-0.3, -0.25) is 4.79 Å². The summed E-state index contributed by atoms with van der Waals surface area (Å²) in [5.41, 5.74) is 12.6. The number of hydrazone groups is 1. The molecule has 0 saturated heterocycles. The zero-order valence-electron chi connectivity index (χ0n) is 17.4. The average Bonchev–Trinajstić information content (AvgIpc) is 3.17. The molecule has 156 valence electrons. The minimum absolute atomic E-state index is 0.334. The van der Waals surface area contributed by atoms with Gasteiger partial charge in [-0.15, -0.1) is 0 Å². The number of nitrogens with two attached hydrogens (primary N) is 1. The maximum atomic E-state index is 12.4. The Kier molecular flexibility index (Phi) is 5.14. The van der Waals surface area contributed by atoms with Gasteiger partial charge in [0.2, 0.25) is 0 Å². The van der Waals surface area contributed by atoms with Crippen molar-refractivity contribution in [1.82, 2.24) is 9.99 Å². The zero-order chi connectivity index (χ0) is 21.9. The predicted molar refractivity (Wildman–Crippen MR) is 131 cm³/mol. The molecule has 0 aliphatic carbocycles. The largest absolute Gasteiger partial charge is 0.398 e. The van der Waals surface area contributed by atoms with Gasteiger partial charge in [0.25, 0.3) is 5.91 Å². The summed E-state index contributed by atoms with van der Waals surface area (Å²) in [7, 11) is 0. The van der Waals surface area contributed by atoms with E-state index < -0.39 is 0 Å². The number of carbonyl (C=O) groups is 1. The highest BCUT2D eigenvalue weighted by molar-refractivity contribution is 6.02. The van der Waals surface area contributed by atoms with Crippen LogP contribution in [0, 0.1) is 0 Å². The van der Waals surface area contributed by atoms with Gasteiger partial charge >= 0.3 is 0 Å². The van der Waals surface area contributed by atoms with E-state index in [0.717, 1.165) is 23.0 Å². The molecule has 0 atom stereocenters. The molecule has 0 saturated carbocycles. The third-order valence-electron chi connectivity index (χ3n) is 5.62. The van der Waals surface area contributed by atoms with Crippen LogP contribution in [0.1, 0.15) is 21.5 Å². The summed E-state index contributed by atoms with van der Waals surface area (Å²) in [6, 6.07) is 29.9. The number of fused-ring (bicyclic) bond motifs is 2. The molecule has 0 aliphatic rings. The molecule has 3 N–H and O–H groups in total. The molecule has 4 aromatic carbocycles. The zero-order valence-corrected chi connectivity index (χ0v) is 17.4. The summed E-state index contributed by atoms with van der Waals surface area (Å²) >= 11 is 0. The van der Waals surface area contributed by atoms with Crippen LogP contribution in [0.2, 0.25) is 0 Å². The van der Waals surface area contributed by atoms with Crippen LogP contribution in [-0.4, -0.2) is 16.7 Å². The number of nitrogens with one attached hydrogen (secondary N) is 1. The summed E-state index contributed by atoms with van der Waals surface area (Å²) in [4.78, 5) is 12.4. The van der Waals surface area contributed by atoms with Crippen LogP contribution in [0.5, 0.6) is 0 Å². The van der Waals surface area contributed by atoms with Crippen molar-refractivity contribution in [2.75, 3.05) is 5.73 Å². The van der Waals surface area contributed by atoms with Crippen molar-refractivity contribution in [3.63, 3.8) is 0 Å². The van der Waals surface area contributed by atoms with Crippen LogP contribution in [0.25, 0.3) is 21.7 Å². The van der Waals surface area contributed by atoms with E-state index in [1.165, 1.54) is 16.3 Å². The smallest absolute Gasteiger partial charge is 0.273 e. The second-order valence-electron chi connectivity index (χ2n) is 7.65. The first-order valence-corrected chi connectivity index (χ1v) is 10.4. The van der Waals surface area contributed by atoms with E-state index >= 15 is 0 Å². The van der Waals surface area contributed by atoms with Gasteiger partial charge in [0.05, 0.1) is 11.8 Å². The Bertz CT molecular complexity index is 1460. The number of hydrogen-bond acceptors (Lipinski definition) is 3. The molecule has 1 aromatic heterocycles. The van der Waals surface area contributed by atoms with E-state index in [-0.39, 0.29) is 5.91 Å². The molecule has 5 aromatic rings. The van der Waals surface area contributed by atoms with Gasteiger partial charge < -0.3 is 10.3 Å². The van der Waals surface area contributed by atoms with Gasteiger partial charge in [0.1, 0.15) is 0 Å². The van der Waals surface area contributed by atoms with Gasteiger partial charge in [-0.2, -0.15) is 5.10 Å². The van der Waals surface area contributed by atoms with Crippen molar-refractivity contribution in [2.45, 2.75) is 6.54 Å². The number of rotatable bonds is 5. The molecule has 0 bridgehead atoms. The Morgan fingerprint density at radius 3 is 2.47 bits per heavy atom. The van der Waals surface area contributed by atoms with Crippen LogP contribution < -0.4 is 11.2 Å². The van der Waals surface area contributed by atoms with Crippen LogP contribution in [0.3, 0.4) is 0 Å². The summed E-state index contributed by atoms with van der Waals surface area (Å²) in [5, 5.41) is 7.73. The highest BCUT2D eigenvalue weighted by Crippen LogP contribution is 2.24. The Balaban J connectivity index is 1.45. The lowest BCUT2D eigenvalue weighted by molar-refractivity contribution is 0.0956. The van der Waals surface area contributed by atoms with Crippen LogP contribution in [-0.2, 0) is 6.54 Å². The van der Waals surface area contributed by atoms with Crippen LogP contribution >= 0.6 is 0 Å². The lowest BCUT2D eigenvalue weighted by Gasteiger charge is -2.09. The molecule has 1 amide bonds. The second kappa shape index (κ2) is 8.40. The minimum Gasteiger partial charge on any atom is -0.398 e. The number of nitrogens with zero attached hydrogens (tertiary/aromatic N) is 2. The topological polar surface area (TPSA) is 72.4 Å². The molecular formula is C27H22N4O. The molecule has 0 spiro atoms. The first-order chi connectivity index (χ1) is 15.7. The van der Waals surface area contributed by atoms with E-state index in [9.17, 15) is 4.79 Å². The average molecular weight is 419 g/mol. The number of nitrogen functional groups attached to an aromatic ring is 1. The van der Waals surface area contributed by atoms with Crippen LogP contribution in [0.15, 0.2) is 102 Å². The van der Waals surface area contributed by atoms with Crippen molar-refractivity contribution in [2.24, 2.45) is 5.10 Å². The quantitative estimate of drug-likeness (QED) is 0.234. The fourth-order valence-corrected chi connectivity index (χ4v) is 4.05. The molecule has 5 nitrogen and oxygen atoms in total. The van der Waals surface area contributed by atoms with E-state index in [4.69, 9.17) is 5.73 Å². The van der Waals surface area contributed by atoms with Gasteiger partial charge in [-0.1, -0.05) is 72.8 Å². The van der Waals surface area contributed by atoms with E-state index in [1.807, 2.05) is 12.1 Å². The SMILES string of the molecule is Nc1ccccc1C(=O)N/N=C\c1cn(Cc2cccc3ccccc23)c2ccccc12. The van der Waals surface area contributed by atoms with Gasteiger partial charge in [-0.25, -0.2) is 5.43 Å². The molecule has 5 rings (SSSR count). The van der Waals surface area contributed by atoms with E-state index in [1.54, 1.807) is 30.5 Å². The second-order valence-corrected chi connectivity index (χ2v) is 7.65. The third-order valence-corrected chi connectivity index (χ3v) is 5.62. The first-order valence-electron chi connectivity index (χ1n) is 10.4. The summed E-state index contributed by atoms with van der Waals surface area (Å²) in [5.74, 6) is -0.334. The number of amides is 1. The van der Waals surface area contributed by atoms with Gasteiger partial charge in [-0.05, 0) is 34.5 Å². The Morgan fingerprint density at radius 1 is 0.875 bits per heavy atom. The molecular weight excluding hydrogens is 396 g/mol. The van der Waals surface area contributed by atoms with Crippen LogP contribution in [0.4, 0.5) is 5.69 Å². The number of carbonyl (C=O) groups excluding carboxylic acids is 1. The van der Waals surface area contributed by atoms with E-state index in [0.29, 0.717) is 11.3 Å². The normalized spacial score (nSPS) is 11.4. The summed E-state index contributed by atoms with van der Waals surface area (Å²) < 4.78 is 2.22. The first kappa shape index (κ1) is 19.6. The monoisotopic (exact) mass is 418 g/mol. The predicted octanol–water partition coefficient (Wildman–Crippen LogP) is 5.19. The third kappa shape index (κ3) is 3.72. The number of benzene rings is 4. The van der Waals surface area contributed by atoms with Crippen molar-refractivity contribution < 1.29 is 4.79 Å². The number of para-hydroxylation sites is 2. The summed E-state index contributed by atoms with van der Waals surface area (Å²) in [6.45, 7) is 0.739. The standard InChI is InChI=1S/C27H22N4O/c28-25-14-5-3-13-24(25)27(32)30-29-16-21-18-31(26-15-6-4-12-23(21)26)17-20-10-7-9-19-8-1-2-11-22(19)20/h1-16,18H,17,28H2,(H,30,32)/b29-16-. The molecule has 0 radical (unpaired) electrons. The molecule has 1 heterocycles. The molecule has 32 heavy (non-hydrogen) atoms. The maximum absolute atomic E-state index is 12.4. The Hall–Kier alpha value is -4.38. The van der Waals surface area contributed by atoms with Crippen molar-refractivity contribution in [3.8, 4) is 0 Å². The lowest BCUT2D eigenvalue weighted by atomic mass is 10.0. The fraction of sp³-hybridized carbons (Fsp3) is 0.0370. The number of anilines is 1. The van der Waals surface area contributed by atoms with Gasteiger partial charge in [0, 0.05) is 34.9 Å². The number of aromatic nitrogens is 1. The fourth-order valence-electron chi connectivity index (χ4n) is 4.05. The molecule has 0 aliphatic heterocycles. The lowest BCUT2D eigenvalue weighted by Crippen LogP contribution is -2.18. The highest BCUT2D eigenvalue weighted by Gasteiger charge is 2.10. The molecule has 5 heteroatoms. The van der Waals surface area contributed by atoms with Crippen molar-refractivity contribution >= 4 is 39.5 Å².